The van der Waals surface area contributed by atoms with E-state index >= 15 is 0 Å². The average Bonchev–Trinajstić information content (AvgIpc) is 2.63. The third-order valence-electron chi connectivity index (χ3n) is 3.63. The quantitative estimate of drug-likeness (QED) is 0.764. The number of nitrogens with one attached hydrogen (secondary N) is 1. The molecule has 2 heterocycles. The summed E-state index contributed by atoms with van der Waals surface area (Å²) in [6.45, 7) is 6.05. The Labute approximate surface area is 112 Å². The summed E-state index contributed by atoms with van der Waals surface area (Å²) in [6, 6.07) is 5.56. The highest BCUT2D eigenvalue weighted by Crippen LogP contribution is 2.29. The molecule has 19 heavy (non-hydrogen) atoms. The molecule has 0 bridgehead atoms. The van der Waals surface area contributed by atoms with Gasteiger partial charge in [0.25, 0.3) is 5.91 Å². The van der Waals surface area contributed by atoms with E-state index in [0.29, 0.717) is 11.4 Å². The number of fused-ring (bicyclic) bond motifs is 1. The zero-order valence-corrected chi connectivity index (χ0v) is 11.2. The van der Waals surface area contributed by atoms with Crippen LogP contribution in [-0.2, 0) is 14.1 Å². The smallest absolute Gasteiger partial charge is 0.482 e. The molecular weight excluding hydrogens is 245 g/mol. The first-order valence-corrected chi connectivity index (χ1v) is 6.35. The van der Waals surface area contributed by atoms with Crippen molar-refractivity contribution in [1.82, 2.24) is 0 Å². The molecule has 1 aromatic carbocycles. The summed E-state index contributed by atoms with van der Waals surface area (Å²) in [6.07, 6.45) is 0.0133. The second kappa shape index (κ2) is 4.25. The molecule has 0 saturated carbocycles. The highest BCUT2D eigenvalue weighted by atomic mass is 16.7. The van der Waals surface area contributed by atoms with Crippen molar-refractivity contribution < 1.29 is 18.8 Å². The van der Waals surface area contributed by atoms with Crippen LogP contribution in [0.3, 0.4) is 0 Å². The number of hydrogen-bond donors (Lipinski definition) is 1. The minimum absolute atomic E-state index is 0.0133. The van der Waals surface area contributed by atoms with Gasteiger partial charge in [0.2, 0.25) is 0 Å². The van der Waals surface area contributed by atoms with E-state index in [1.807, 2.05) is 39.0 Å². The van der Waals surface area contributed by atoms with Gasteiger partial charge in [0, 0.05) is 0 Å². The zero-order chi connectivity index (χ0) is 13.6. The van der Waals surface area contributed by atoms with Crippen molar-refractivity contribution in [2.24, 2.45) is 0 Å². The van der Waals surface area contributed by atoms with Gasteiger partial charge in [0.1, 0.15) is 5.75 Å². The van der Waals surface area contributed by atoms with Gasteiger partial charge in [-0.15, -0.1) is 0 Å². The maximum atomic E-state index is 11.3. The van der Waals surface area contributed by atoms with Crippen LogP contribution in [0, 0.1) is 0 Å². The van der Waals surface area contributed by atoms with Crippen molar-refractivity contribution in [3.8, 4) is 5.75 Å². The van der Waals surface area contributed by atoms with E-state index in [1.54, 1.807) is 0 Å². The van der Waals surface area contributed by atoms with Crippen molar-refractivity contribution in [2.45, 2.75) is 32.5 Å². The number of ether oxygens (including phenoxy) is 1. The van der Waals surface area contributed by atoms with Crippen LogP contribution in [-0.4, -0.2) is 31.3 Å². The summed E-state index contributed by atoms with van der Waals surface area (Å²) >= 11 is 0. The summed E-state index contributed by atoms with van der Waals surface area (Å²) in [5, 5.41) is 2.78. The molecule has 5 nitrogen and oxygen atoms in total. The van der Waals surface area contributed by atoms with Crippen LogP contribution < -0.4 is 15.5 Å². The van der Waals surface area contributed by atoms with Crippen LogP contribution in [0.5, 0.6) is 5.75 Å². The van der Waals surface area contributed by atoms with E-state index < -0.39 is 7.12 Å². The molecule has 1 amide bonds. The van der Waals surface area contributed by atoms with Crippen molar-refractivity contribution in [1.29, 1.82) is 0 Å². The molecular formula is C13H16BNO4. The van der Waals surface area contributed by atoms with Crippen LogP contribution in [0.15, 0.2) is 18.2 Å². The van der Waals surface area contributed by atoms with Gasteiger partial charge in [-0.3, -0.25) is 4.79 Å². The van der Waals surface area contributed by atoms with Gasteiger partial charge in [-0.2, -0.15) is 0 Å². The summed E-state index contributed by atoms with van der Waals surface area (Å²) in [7, 11) is -0.408. The summed E-state index contributed by atoms with van der Waals surface area (Å²) in [5.74, 6) is 0.528. The first-order valence-electron chi connectivity index (χ1n) is 6.35. The van der Waals surface area contributed by atoms with Crippen molar-refractivity contribution in [2.75, 3.05) is 11.9 Å². The minimum Gasteiger partial charge on any atom is -0.482 e. The van der Waals surface area contributed by atoms with Gasteiger partial charge in [0.05, 0.1) is 17.4 Å². The lowest BCUT2D eigenvalue weighted by Crippen LogP contribution is -2.35. The van der Waals surface area contributed by atoms with Gasteiger partial charge in [0.15, 0.2) is 6.61 Å². The van der Waals surface area contributed by atoms with Gasteiger partial charge in [-0.1, -0.05) is 6.07 Å². The van der Waals surface area contributed by atoms with Crippen LogP contribution >= 0.6 is 0 Å². The standard InChI is InChI=1S/C13H16BNO4/c1-8-13(2,3)19-14(18-8)9-4-5-11-10(6-9)15-12(16)7-17-11/h4-6,8H,7H2,1-3H3,(H,15,16). The fourth-order valence-electron chi connectivity index (χ4n) is 2.14. The minimum atomic E-state index is -0.408. The second-order valence-electron chi connectivity index (χ2n) is 5.42. The van der Waals surface area contributed by atoms with Crippen LogP contribution in [0.1, 0.15) is 20.8 Å². The monoisotopic (exact) mass is 261 g/mol. The Balaban J connectivity index is 1.87. The van der Waals surface area contributed by atoms with E-state index in [-0.39, 0.29) is 24.2 Å². The number of carbonyl (C=O) groups excluding carboxylic acids is 1. The maximum absolute atomic E-state index is 11.3. The van der Waals surface area contributed by atoms with Crippen molar-refractivity contribution >= 4 is 24.2 Å². The Morgan fingerprint density at radius 1 is 1.42 bits per heavy atom. The molecule has 6 heteroatoms. The molecule has 1 aromatic rings. The van der Waals surface area contributed by atoms with Crippen LogP contribution in [0.4, 0.5) is 5.69 Å². The number of rotatable bonds is 1. The molecule has 2 aliphatic rings. The third kappa shape index (κ3) is 2.22. The number of benzene rings is 1. The highest BCUT2D eigenvalue weighted by molar-refractivity contribution is 6.62. The molecule has 1 unspecified atom stereocenters. The Hall–Kier alpha value is -1.53. The molecule has 1 atom stereocenters. The number of hydrogen-bond acceptors (Lipinski definition) is 4. The van der Waals surface area contributed by atoms with E-state index in [9.17, 15) is 4.79 Å². The van der Waals surface area contributed by atoms with Crippen molar-refractivity contribution in [3.63, 3.8) is 0 Å². The Kier molecular flexibility index (Phi) is 2.80. The first kappa shape index (κ1) is 12.5. The number of carbonyl (C=O) groups is 1. The predicted molar refractivity (Wildman–Crippen MR) is 71.7 cm³/mol. The SMILES string of the molecule is CC1OB(c2ccc3c(c2)NC(=O)CO3)OC1(C)C. The lowest BCUT2D eigenvalue weighted by Gasteiger charge is -2.21. The van der Waals surface area contributed by atoms with E-state index in [1.165, 1.54) is 0 Å². The maximum Gasteiger partial charge on any atom is 0.494 e. The van der Waals surface area contributed by atoms with Gasteiger partial charge < -0.3 is 19.4 Å². The van der Waals surface area contributed by atoms with Crippen LogP contribution in [0.25, 0.3) is 0 Å². The van der Waals surface area contributed by atoms with Gasteiger partial charge >= 0.3 is 7.12 Å². The molecule has 100 valence electrons. The lowest BCUT2D eigenvalue weighted by molar-refractivity contribution is -0.118. The fourth-order valence-corrected chi connectivity index (χ4v) is 2.14. The molecule has 0 aromatic heterocycles. The lowest BCUT2D eigenvalue weighted by atomic mass is 9.79. The molecule has 0 radical (unpaired) electrons. The highest BCUT2D eigenvalue weighted by Gasteiger charge is 2.44. The van der Waals surface area contributed by atoms with E-state index in [0.717, 1.165) is 5.46 Å². The summed E-state index contributed by atoms with van der Waals surface area (Å²) in [5.41, 5.74) is 1.22. The number of anilines is 1. The topological polar surface area (TPSA) is 56.8 Å². The molecule has 1 fully saturated rings. The molecule has 3 rings (SSSR count). The molecule has 0 spiro atoms. The Morgan fingerprint density at radius 2 is 2.21 bits per heavy atom. The van der Waals surface area contributed by atoms with E-state index in [4.69, 9.17) is 14.0 Å². The largest absolute Gasteiger partial charge is 0.494 e. The normalized spacial score (nSPS) is 24.7. The third-order valence-corrected chi connectivity index (χ3v) is 3.63. The zero-order valence-electron chi connectivity index (χ0n) is 11.2. The van der Waals surface area contributed by atoms with Gasteiger partial charge in [-0.05, 0) is 38.4 Å². The molecule has 1 saturated heterocycles. The number of amides is 1. The summed E-state index contributed by atoms with van der Waals surface area (Å²) in [4.78, 5) is 11.3. The molecule has 2 aliphatic heterocycles. The van der Waals surface area contributed by atoms with Crippen LogP contribution in [0.2, 0.25) is 0 Å². The second-order valence-corrected chi connectivity index (χ2v) is 5.42. The Morgan fingerprint density at radius 3 is 2.89 bits per heavy atom. The van der Waals surface area contributed by atoms with Crippen molar-refractivity contribution in [3.05, 3.63) is 18.2 Å². The first-order chi connectivity index (χ1) is 8.95. The Bertz CT molecular complexity index is 531. The molecule has 1 N–H and O–H groups in total. The summed E-state index contributed by atoms with van der Waals surface area (Å²) < 4.78 is 17.0. The average molecular weight is 261 g/mol. The molecule has 0 aliphatic carbocycles. The van der Waals surface area contributed by atoms with Gasteiger partial charge in [-0.25, -0.2) is 0 Å². The predicted octanol–water partition coefficient (Wildman–Crippen LogP) is 0.927. The van der Waals surface area contributed by atoms with E-state index in [2.05, 4.69) is 5.32 Å². The fraction of sp³-hybridized carbons (Fsp3) is 0.462.